The molecular formula is C16H13N3O2. The second kappa shape index (κ2) is 5.23. The van der Waals surface area contributed by atoms with Crippen LogP contribution in [-0.2, 0) is 4.79 Å². The maximum absolute atomic E-state index is 10.3. The summed E-state index contributed by atoms with van der Waals surface area (Å²) in [7, 11) is 3.98. The van der Waals surface area contributed by atoms with Crippen molar-refractivity contribution in [2.75, 3.05) is 19.0 Å². The van der Waals surface area contributed by atoms with Crippen LogP contribution >= 0.6 is 0 Å². The topological polar surface area (TPSA) is 58.7 Å². The molecule has 0 aliphatic carbocycles. The van der Waals surface area contributed by atoms with Gasteiger partial charge in [0.15, 0.2) is 5.58 Å². The van der Waals surface area contributed by atoms with E-state index in [0.29, 0.717) is 22.7 Å². The molecular weight excluding hydrogens is 266 g/mol. The standard InChI is InChI=1S/C16H13N3O2/c1-19(2)13-6-3-11(4-7-13)16-18-14-9-12(17-10-20)5-8-15(14)21-16/h3-9H,1-2H3. The molecule has 1 aromatic heterocycles. The van der Waals surface area contributed by atoms with Gasteiger partial charge >= 0.3 is 0 Å². The highest BCUT2D eigenvalue weighted by Crippen LogP contribution is 2.28. The van der Waals surface area contributed by atoms with Gasteiger partial charge in [-0.05, 0) is 42.5 Å². The Balaban J connectivity index is 2.02. The van der Waals surface area contributed by atoms with E-state index in [4.69, 9.17) is 4.42 Å². The van der Waals surface area contributed by atoms with Crippen molar-refractivity contribution >= 4 is 28.6 Å². The minimum absolute atomic E-state index is 0.514. The molecule has 0 atom stereocenters. The zero-order chi connectivity index (χ0) is 14.8. The molecule has 0 N–H and O–H groups in total. The van der Waals surface area contributed by atoms with Crippen molar-refractivity contribution in [3.05, 3.63) is 42.5 Å². The molecule has 0 aliphatic heterocycles. The van der Waals surface area contributed by atoms with E-state index in [1.54, 1.807) is 18.2 Å². The first-order valence-corrected chi connectivity index (χ1v) is 6.43. The molecule has 1 heterocycles. The predicted molar refractivity (Wildman–Crippen MR) is 81.6 cm³/mol. The predicted octanol–water partition coefficient (Wildman–Crippen LogP) is 3.53. The van der Waals surface area contributed by atoms with Crippen LogP contribution in [0.15, 0.2) is 51.9 Å². The number of oxazole rings is 1. The van der Waals surface area contributed by atoms with E-state index >= 15 is 0 Å². The highest BCUT2D eigenvalue weighted by molar-refractivity contribution is 5.80. The van der Waals surface area contributed by atoms with Gasteiger partial charge in [-0.1, -0.05) is 0 Å². The van der Waals surface area contributed by atoms with Gasteiger partial charge < -0.3 is 9.32 Å². The number of nitrogens with zero attached hydrogens (tertiary/aromatic N) is 3. The molecule has 5 nitrogen and oxygen atoms in total. The van der Waals surface area contributed by atoms with Crippen molar-refractivity contribution in [3.63, 3.8) is 0 Å². The Hall–Kier alpha value is -2.91. The number of aromatic nitrogens is 1. The molecule has 21 heavy (non-hydrogen) atoms. The van der Waals surface area contributed by atoms with E-state index in [0.717, 1.165) is 11.3 Å². The van der Waals surface area contributed by atoms with Gasteiger partial charge in [0.25, 0.3) is 0 Å². The molecule has 0 radical (unpaired) electrons. The molecule has 0 saturated carbocycles. The minimum atomic E-state index is 0.514. The van der Waals surface area contributed by atoms with Crippen LogP contribution in [0.4, 0.5) is 11.4 Å². The van der Waals surface area contributed by atoms with Crippen molar-refractivity contribution in [2.45, 2.75) is 0 Å². The van der Waals surface area contributed by atoms with Crippen molar-refractivity contribution in [1.29, 1.82) is 0 Å². The smallest absolute Gasteiger partial charge is 0.240 e. The number of benzene rings is 2. The lowest BCUT2D eigenvalue weighted by molar-refractivity contribution is 0.565. The van der Waals surface area contributed by atoms with Gasteiger partial charge in [0.2, 0.25) is 12.0 Å². The maximum Gasteiger partial charge on any atom is 0.240 e. The number of aliphatic imine (C=N–C) groups is 1. The van der Waals surface area contributed by atoms with Gasteiger partial charge in [0, 0.05) is 25.3 Å². The largest absolute Gasteiger partial charge is 0.436 e. The molecule has 0 amide bonds. The van der Waals surface area contributed by atoms with E-state index in [1.165, 1.54) is 6.08 Å². The van der Waals surface area contributed by atoms with Crippen LogP contribution in [0.1, 0.15) is 0 Å². The van der Waals surface area contributed by atoms with Gasteiger partial charge in [-0.25, -0.2) is 9.78 Å². The Morgan fingerprint density at radius 2 is 1.90 bits per heavy atom. The number of fused-ring (bicyclic) bond motifs is 1. The van der Waals surface area contributed by atoms with Crippen LogP contribution in [0.5, 0.6) is 0 Å². The molecule has 0 saturated heterocycles. The first-order valence-electron chi connectivity index (χ1n) is 6.43. The summed E-state index contributed by atoms with van der Waals surface area (Å²) in [5, 5.41) is 0. The summed E-state index contributed by atoms with van der Waals surface area (Å²) < 4.78 is 5.72. The summed E-state index contributed by atoms with van der Waals surface area (Å²) in [4.78, 5) is 20.3. The van der Waals surface area contributed by atoms with Crippen LogP contribution in [0, 0.1) is 0 Å². The zero-order valence-corrected chi connectivity index (χ0v) is 11.7. The van der Waals surface area contributed by atoms with Crippen molar-refractivity contribution in [3.8, 4) is 11.5 Å². The molecule has 0 fully saturated rings. The summed E-state index contributed by atoms with van der Waals surface area (Å²) in [6.45, 7) is 0. The number of hydrogen-bond acceptors (Lipinski definition) is 5. The zero-order valence-electron chi connectivity index (χ0n) is 11.7. The summed E-state index contributed by atoms with van der Waals surface area (Å²) in [6.07, 6.45) is 1.52. The molecule has 2 aromatic carbocycles. The fraction of sp³-hybridized carbons (Fsp3) is 0.125. The average molecular weight is 279 g/mol. The Kier molecular flexibility index (Phi) is 3.26. The maximum atomic E-state index is 10.3. The second-order valence-corrected chi connectivity index (χ2v) is 4.82. The fourth-order valence-corrected chi connectivity index (χ4v) is 2.06. The lowest BCUT2D eigenvalue weighted by atomic mass is 10.2. The average Bonchev–Trinajstić information content (AvgIpc) is 2.91. The molecule has 0 spiro atoms. The third-order valence-corrected chi connectivity index (χ3v) is 3.18. The first kappa shape index (κ1) is 13.1. The number of isocyanates is 1. The molecule has 104 valence electrons. The number of carbonyl (C=O) groups excluding carboxylic acids is 1. The summed E-state index contributed by atoms with van der Waals surface area (Å²) in [5.74, 6) is 0.544. The second-order valence-electron chi connectivity index (χ2n) is 4.82. The molecule has 0 unspecified atom stereocenters. The third-order valence-electron chi connectivity index (χ3n) is 3.18. The Morgan fingerprint density at radius 1 is 1.14 bits per heavy atom. The van der Waals surface area contributed by atoms with Gasteiger partial charge in [-0.3, -0.25) is 0 Å². The van der Waals surface area contributed by atoms with Crippen LogP contribution in [-0.4, -0.2) is 25.2 Å². The number of hydrogen-bond donors (Lipinski definition) is 0. The van der Waals surface area contributed by atoms with E-state index in [-0.39, 0.29) is 0 Å². The quantitative estimate of drug-likeness (QED) is 0.543. The molecule has 3 rings (SSSR count). The molecule has 0 aliphatic rings. The van der Waals surface area contributed by atoms with Crippen LogP contribution in [0.3, 0.4) is 0 Å². The lowest BCUT2D eigenvalue weighted by Crippen LogP contribution is -2.07. The fourth-order valence-electron chi connectivity index (χ4n) is 2.06. The summed E-state index contributed by atoms with van der Waals surface area (Å²) in [5.41, 5.74) is 3.85. The van der Waals surface area contributed by atoms with Crippen LogP contribution in [0.2, 0.25) is 0 Å². The van der Waals surface area contributed by atoms with Crippen molar-refractivity contribution in [2.24, 2.45) is 4.99 Å². The van der Waals surface area contributed by atoms with Gasteiger partial charge in [0.05, 0.1) is 5.69 Å². The van der Waals surface area contributed by atoms with E-state index in [2.05, 4.69) is 9.98 Å². The number of anilines is 1. The van der Waals surface area contributed by atoms with Crippen LogP contribution in [0.25, 0.3) is 22.6 Å². The highest BCUT2D eigenvalue weighted by atomic mass is 16.3. The normalized spacial score (nSPS) is 10.4. The van der Waals surface area contributed by atoms with Gasteiger partial charge in [0.1, 0.15) is 5.52 Å². The Morgan fingerprint density at radius 3 is 2.57 bits per heavy atom. The first-order chi connectivity index (χ1) is 10.2. The van der Waals surface area contributed by atoms with E-state index in [9.17, 15) is 4.79 Å². The van der Waals surface area contributed by atoms with Crippen molar-refractivity contribution < 1.29 is 9.21 Å². The molecule has 3 aromatic rings. The third kappa shape index (κ3) is 2.55. The van der Waals surface area contributed by atoms with E-state index < -0.39 is 0 Å². The van der Waals surface area contributed by atoms with E-state index in [1.807, 2.05) is 43.3 Å². The summed E-state index contributed by atoms with van der Waals surface area (Å²) >= 11 is 0. The molecule has 5 heteroatoms. The SMILES string of the molecule is CN(C)c1ccc(-c2nc3cc(N=C=O)ccc3o2)cc1. The molecule has 0 bridgehead atoms. The van der Waals surface area contributed by atoms with Crippen molar-refractivity contribution in [1.82, 2.24) is 4.98 Å². The Bertz CT molecular complexity index is 828. The minimum Gasteiger partial charge on any atom is -0.436 e. The monoisotopic (exact) mass is 279 g/mol. The van der Waals surface area contributed by atoms with Crippen LogP contribution < -0.4 is 4.90 Å². The van der Waals surface area contributed by atoms with Gasteiger partial charge in [-0.15, -0.1) is 0 Å². The summed E-state index contributed by atoms with van der Waals surface area (Å²) in [6, 6.07) is 13.1. The van der Waals surface area contributed by atoms with Gasteiger partial charge in [-0.2, -0.15) is 4.99 Å². The number of rotatable bonds is 3. The Labute approximate surface area is 121 Å². The highest BCUT2D eigenvalue weighted by Gasteiger charge is 2.09. The lowest BCUT2D eigenvalue weighted by Gasteiger charge is -2.11.